The van der Waals surface area contributed by atoms with Gasteiger partial charge in [-0.15, -0.1) is 0 Å². The van der Waals surface area contributed by atoms with Gasteiger partial charge in [0.25, 0.3) is 0 Å². The summed E-state index contributed by atoms with van der Waals surface area (Å²) in [5, 5.41) is 2.99. The minimum absolute atomic E-state index is 0.140. The van der Waals surface area contributed by atoms with E-state index in [0.29, 0.717) is 29.7 Å². The Labute approximate surface area is 183 Å². The van der Waals surface area contributed by atoms with E-state index in [2.05, 4.69) is 10.3 Å². The van der Waals surface area contributed by atoms with Crippen molar-refractivity contribution in [3.05, 3.63) is 101 Å². The second-order valence-corrected chi connectivity index (χ2v) is 7.44. The molecule has 4 nitrogen and oxygen atoms in total. The van der Waals surface area contributed by atoms with E-state index in [1.807, 2.05) is 42.5 Å². The van der Waals surface area contributed by atoms with E-state index >= 15 is 0 Å². The number of carbonyl (C=O) groups excluding carboxylic acids is 1. The van der Waals surface area contributed by atoms with Crippen LogP contribution in [0, 0.1) is 0 Å². The zero-order valence-corrected chi connectivity index (χ0v) is 17.1. The summed E-state index contributed by atoms with van der Waals surface area (Å²) in [5.74, 6) is -0.215. The van der Waals surface area contributed by atoms with Crippen molar-refractivity contribution < 1.29 is 22.7 Å². The number of halogens is 3. The molecule has 0 bridgehead atoms. The van der Waals surface area contributed by atoms with E-state index in [1.165, 1.54) is 12.1 Å². The van der Waals surface area contributed by atoms with Crippen LogP contribution in [-0.2, 0) is 11.0 Å². The Morgan fingerprint density at radius 3 is 2.56 bits per heavy atom. The molecule has 2 heterocycles. The number of nitrogens with zero attached hydrogens (tertiary/aromatic N) is 1. The zero-order chi connectivity index (χ0) is 22.6. The minimum Gasteiger partial charge on any atom is -0.493 e. The summed E-state index contributed by atoms with van der Waals surface area (Å²) >= 11 is 0. The van der Waals surface area contributed by atoms with Crippen LogP contribution < -0.4 is 10.1 Å². The fourth-order valence-electron chi connectivity index (χ4n) is 3.68. The first kappa shape index (κ1) is 21.6. The van der Waals surface area contributed by atoms with E-state index in [0.717, 1.165) is 17.7 Å². The Balaban J connectivity index is 1.64. The van der Waals surface area contributed by atoms with Gasteiger partial charge in [0.1, 0.15) is 5.75 Å². The van der Waals surface area contributed by atoms with Crippen LogP contribution in [0.5, 0.6) is 5.75 Å². The average molecular weight is 438 g/mol. The van der Waals surface area contributed by atoms with Gasteiger partial charge in [-0.1, -0.05) is 42.5 Å². The quantitative estimate of drug-likeness (QED) is 0.543. The molecule has 0 fully saturated rings. The number of ether oxygens (including phenoxy) is 1. The van der Waals surface area contributed by atoms with Gasteiger partial charge in [-0.25, -0.2) is 0 Å². The molecule has 0 spiro atoms. The monoisotopic (exact) mass is 438 g/mol. The first-order chi connectivity index (χ1) is 15.4. The molecule has 0 saturated heterocycles. The van der Waals surface area contributed by atoms with Gasteiger partial charge in [0, 0.05) is 17.8 Å². The van der Waals surface area contributed by atoms with Crippen molar-refractivity contribution in [3.63, 3.8) is 0 Å². The van der Waals surface area contributed by atoms with Gasteiger partial charge >= 0.3 is 6.18 Å². The van der Waals surface area contributed by atoms with Crippen LogP contribution in [0.4, 0.5) is 13.2 Å². The third-order valence-electron chi connectivity index (χ3n) is 5.21. The summed E-state index contributed by atoms with van der Waals surface area (Å²) < 4.78 is 44.8. The number of nitrogens with one attached hydrogen (secondary N) is 1. The number of pyridine rings is 1. The lowest BCUT2D eigenvalue weighted by Gasteiger charge is -2.18. The number of allylic oxidation sites excluding steroid dienone is 1. The number of aromatic nitrogens is 1. The second-order valence-electron chi connectivity index (χ2n) is 7.44. The van der Waals surface area contributed by atoms with Crippen molar-refractivity contribution >= 4 is 11.5 Å². The number of fused-ring (bicyclic) bond motifs is 1. The van der Waals surface area contributed by atoms with E-state index in [4.69, 9.17) is 4.74 Å². The van der Waals surface area contributed by atoms with Gasteiger partial charge in [0.2, 0.25) is 5.91 Å². The van der Waals surface area contributed by atoms with Crippen molar-refractivity contribution in [2.24, 2.45) is 0 Å². The summed E-state index contributed by atoms with van der Waals surface area (Å²) in [5.41, 5.74) is 1.92. The zero-order valence-electron chi connectivity index (χ0n) is 17.1. The number of carbonyl (C=O) groups is 1. The van der Waals surface area contributed by atoms with E-state index in [9.17, 15) is 18.0 Å². The molecular weight excluding hydrogens is 417 g/mol. The topological polar surface area (TPSA) is 51.2 Å². The van der Waals surface area contributed by atoms with E-state index < -0.39 is 17.8 Å². The smallest absolute Gasteiger partial charge is 0.416 e. The Morgan fingerprint density at radius 2 is 1.84 bits per heavy atom. The predicted octanol–water partition coefficient (Wildman–Crippen LogP) is 5.56. The molecule has 3 aromatic rings. The lowest BCUT2D eigenvalue weighted by atomic mass is 9.98. The molecule has 7 heteroatoms. The molecule has 4 rings (SSSR count). The standard InChI is InChI=1S/C25H21F3N2O2/c26-25(27,28)19-11-12-20-18(9-6-14-32-22(20)16-19)15-23(31)30-24(17-7-2-1-3-8-17)21-10-4-5-13-29-21/h1-5,7-8,10-13,15-16,24H,6,9,14H2,(H,30,31). The first-order valence-corrected chi connectivity index (χ1v) is 10.2. The molecule has 1 N–H and O–H groups in total. The Bertz CT molecular complexity index is 1070. The normalized spacial score (nSPS) is 15.9. The van der Waals surface area contributed by atoms with Crippen LogP contribution in [-0.4, -0.2) is 17.5 Å². The molecule has 1 aliphatic rings. The third-order valence-corrected chi connectivity index (χ3v) is 5.21. The summed E-state index contributed by atoms with van der Waals surface area (Å²) in [6.45, 7) is 0.286. The molecule has 0 aliphatic carbocycles. The van der Waals surface area contributed by atoms with Crippen molar-refractivity contribution in [1.82, 2.24) is 10.3 Å². The lowest BCUT2D eigenvalue weighted by Crippen LogP contribution is -2.28. The van der Waals surface area contributed by atoms with Gasteiger partial charge in [-0.3, -0.25) is 9.78 Å². The molecule has 164 valence electrons. The molecule has 1 aliphatic heterocycles. The van der Waals surface area contributed by atoms with Gasteiger partial charge in [-0.2, -0.15) is 13.2 Å². The number of hydrogen-bond donors (Lipinski definition) is 1. The average Bonchev–Trinajstić information content (AvgIpc) is 3.00. The number of alkyl halides is 3. The Kier molecular flexibility index (Phi) is 6.25. The second kappa shape index (κ2) is 9.26. The highest BCUT2D eigenvalue weighted by Crippen LogP contribution is 2.38. The predicted molar refractivity (Wildman–Crippen MR) is 115 cm³/mol. The molecule has 32 heavy (non-hydrogen) atoms. The summed E-state index contributed by atoms with van der Waals surface area (Å²) in [7, 11) is 0. The van der Waals surface area contributed by atoms with Crippen LogP contribution in [0.2, 0.25) is 0 Å². The molecule has 0 saturated carbocycles. The maximum atomic E-state index is 13.1. The maximum Gasteiger partial charge on any atom is 0.416 e. The van der Waals surface area contributed by atoms with Crippen molar-refractivity contribution in [3.8, 4) is 5.75 Å². The largest absolute Gasteiger partial charge is 0.493 e. The highest BCUT2D eigenvalue weighted by atomic mass is 19.4. The van der Waals surface area contributed by atoms with Crippen LogP contribution >= 0.6 is 0 Å². The maximum absolute atomic E-state index is 13.1. The minimum atomic E-state index is -4.46. The SMILES string of the molecule is O=C(C=C1CCCOc2cc(C(F)(F)F)ccc21)NC(c1ccccc1)c1ccccn1. The van der Waals surface area contributed by atoms with E-state index in [1.54, 1.807) is 12.3 Å². The summed E-state index contributed by atoms with van der Waals surface area (Å²) in [4.78, 5) is 17.4. The highest BCUT2D eigenvalue weighted by Gasteiger charge is 2.32. The van der Waals surface area contributed by atoms with Gasteiger partial charge < -0.3 is 10.1 Å². The van der Waals surface area contributed by atoms with Gasteiger partial charge in [0.15, 0.2) is 0 Å². The molecule has 1 atom stereocenters. The number of rotatable bonds is 4. The highest BCUT2D eigenvalue weighted by molar-refractivity contribution is 5.96. The fraction of sp³-hybridized carbons (Fsp3) is 0.200. The third kappa shape index (κ3) is 4.99. The number of benzene rings is 2. The van der Waals surface area contributed by atoms with Crippen LogP contribution in [0.25, 0.3) is 5.57 Å². The first-order valence-electron chi connectivity index (χ1n) is 10.2. The number of amides is 1. The van der Waals surface area contributed by atoms with Crippen LogP contribution in [0.15, 0.2) is 79.0 Å². The molecule has 2 aromatic carbocycles. The van der Waals surface area contributed by atoms with Crippen LogP contribution in [0.3, 0.4) is 0 Å². The van der Waals surface area contributed by atoms with Gasteiger partial charge in [0.05, 0.1) is 23.9 Å². The molecular formula is C25H21F3N2O2. The van der Waals surface area contributed by atoms with E-state index in [-0.39, 0.29) is 18.3 Å². The molecule has 0 radical (unpaired) electrons. The Hall–Kier alpha value is -3.61. The van der Waals surface area contributed by atoms with Crippen molar-refractivity contribution in [2.75, 3.05) is 6.61 Å². The lowest BCUT2D eigenvalue weighted by molar-refractivity contribution is -0.137. The van der Waals surface area contributed by atoms with Crippen molar-refractivity contribution in [2.45, 2.75) is 25.1 Å². The summed E-state index contributed by atoms with van der Waals surface area (Å²) in [6, 6.07) is 17.9. The van der Waals surface area contributed by atoms with Crippen molar-refractivity contribution in [1.29, 1.82) is 0 Å². The number of hydrogen-bond acceptors (Lipinski definition) is 3. The molecule has 1 unspecified atom stereocenters. The summed E-state index contributed by atoms with van der Waals surface area (Å²) in [6.07, 6.45) is -0.243. The van der Waals surface area contributed by atoms with Gasteiger partial charge in [-0.05, 0) is 48.2 Å². The molecule has 1 aromatic heterocycles. The Morgan fingerprint density at radius 1 is 1.06 bits per heavy atom. The van der Waals surface area contributed by atoms with Crippen LogP contribution in [0.1, 0.15) is 41.3 Å². The fourth-order valence-corrected chi connectivity index (χ4v) is 3.68. The molecule has 1 amide bonds.